The molecule has 0 bridgehead atoms. The normalized spacial score (nSPS) is 12.9. The molecule has 4 rings (SSSR count). The quantitative estimate of drug-likeness (QED) is 0.510. The molecular formula is C20H14F3N3O3. The van der Waals surface area contributed by atoms with E-state index in [4.69, 9.17) is 9.05 Å². The summed E-state index contributed by atoms with van der Waals surface area (Å²) in [6.45, 7) is 1.62. The second-order valence-electron chi connectivity index (χ2n) is 6.32. The maximum Gasteiger partial charge on any atom is 0.422 e. The second-order valence-corrected chi connectivity index (χ2v) is 6.32. The fraction of sp³-hybridized carbons (Fsp3) is 0.150. The molecule has 4 aromatic rings. The Morgan fingerprint density at radius 2 is 1.59 bits per heavy atom. The molecule has 2 aromatic heterocycles. The number of aliphatic hydroxyl groups is 1. The van der Waals surface area contributed by atoms with Crippen molar-refractivity contribution >= 4 is 0 Å². The van der Waals surface area contributed by atoms with E-state index < -0.39 is 29.5 Å². The van der Waals surface area contributed by atoms with Crippen molar-refractivity contribution in [2.24, 2.45) is 0 Å². The Kier molecular flexibility index (Phi) is 4.67. The van der Waals surface area contributed by atoms with Crippen LogP contribution in [0.15, 0.2) is 63.6 Å². The SMILES string of the molecule is CC(O)c1ccc(-c2noc(-c3onc(-c4ccccc4)c3C(F)(F)F)n2)cc1. The van der Waals surface area contributed by atoms with Crippen molar-refractivity contribution in [1.82, 2.24) is 15.3 Å². The number of benzene rings is 2. The van der Waals surface area contributed by atoms with Crippen molar-refractivity contribution in [3.63, 3.8) is 0 Å². The molecule has 0 saturated carbocycles. The molecule has 1 N–H and O–H groups in total. The van der Waals surface area contributed by atoms with Gasteiger partial charge in [-0.05, 0) is 12.5 Å². The van der Waals surface area contributed by atoms with Gasteiger partial charge in [-0.2, -0.15) is 18.2 Å². The van der Waals surface area contributed by atoms with Crippen molar-refractivity contribution < 1.29 is 27.3 Å². The van der Waals surface area contributed by atoms with E-state index in [0.29, 0.717) is 11.1 Å². The minimum atomic E-state index is -4.74. The Labute approximate surface area is 162 Å². The van der Waals surface area contributed by atoms with Gasteiger partial charge in [0.05, 0.1) is 6.10 Å². The summed E-state index contributed by atoms with van der Waals surface area (Å²) >= 11 is 0. The lowest BCUT2D eigenvalue weighted by Crippen LogP contribution is -2.07. The summed E-state index contributed by atoms with van der Waals surface area (Å²) in [5, 5.41) is 16.9. The molecule has 0 saturated heterocycles. The first-order valence-electron chi connectivity index (χ1n) is 8.59. The Morgan fingerprint density at radius 1 is 0.897 bits per heavy atom. The maximum atomic E-state index is 13.7. The van der Waals surface area contributed by atoms with Gasteiger partial charge in [-0.15, -0.1) is 0 Å². The van der Waals surface area contributed by atoms with Crippen LogP contribution in [0.2, 0.25) is 0 Å². The van der Waals surface area contributed by atoms with Gasteiger partial charge >= 0.3 is 6.18 Å². The highest BCUT2D eigenvalue weighted by Crippen LogP contribution is 2.43. The number of aromatic nitrogens is 3. The zero-order valence-electron chi connectivity index (χ0n) is 15.0. The number of nitrogens with zero attached hydrogens (tertiary/aromatic N) is 3. The third-order valence-corrected chi connectivity index (χ3v) is 4.29. The van der Waals surface area contributed by atoms with E-state index in [0.717, 1.165) is 0 Å². The molecular weight excluding hydrogens is 387 g/mol. The van der Waals surface area contributed by atoms with E-state index in [1.54, 1.807) is 49.4 Å². The lowest BCUT2D eigenvalue weighted by molar-refractivity contribution is -0.136. The van der Waals surface area contributed by atoms with Gasteiger partial charge in [0, 0.05) is 11.1 Å². The summed E-state index contributed by atoms with van der Waals surface area (Å²) in [6.07, 6.45) is -5.39. The van der Waals surface area contributed by atoms with Gasteiger partial charge in [-0.25, -0.2) is 0 Å². The molecule has 0 amide bonds. The van der Waals surface area contributed by atoms with E-state index in [1.165, 1.54) is 12.1 Å². The number of hydrogen-bond acceptors (Lipinski definition) is 6. The summed E-state index contributed by atoms with van der Waals surface area (Å²) in [4.78, 5) is 4.03. The van der Waals surface area contributed by atoms with E-state index >= 15 is 0 Å². The van der Waals surface area contributed by atoms with Crippen molar-refractivity contribution in [3.05, 3.63) is 65.7 Å². The van der Waals surface area contributed by atoms with Gasteiger partial charge in [-0.3, -0.25) is 0 Å². The summed E-state index contributed by atoms with van der Waals surface area (Å²) in [5.41, 5.74) is 0.0149. The fourth-order valence-electron chi connectivity index (χ4n) is 2.84. The lowest BCUT2D eigenvalue weighted by atomic mass is 10.1. The average molecular weight is 401 g/mol. The summed E-state index contributed by atoms with van der Waals surface area (Å²) < 4.78 is 51.2. The third-order valence-electron chi connectivity index (χ3n) is 4.29. The van der Waals surface area contributed by atoms with Crippen LogP contribution < -0.4 is 0 Å². The molecule has 148 valence electrons. The van der Waals surface area contributed by atoms with Gasteiger partial charge in [0.15, 0.2) is 0 Å². The Balaban J connectivity index is 1.75. The molecule has 0 spiro atoms. The number of rotatable bonds is 4. The lowest BCUT2D eigenvalue weighted by Gasteiger charge is -2.06. The van der Waals surface area contributed by atoms with E-state index in [1.807, 2.05) is 0 Å². The zero-order chi connectivity index (χ0) is 20.6. The highest BCUT2D eigenvalue weighted by Gasteiger charge is 2.42. The predicted octanol–water partition coefficient (Wildman–Crippen LogP) is 5.13. The van der Waals surface area contributed by atoms with E-state index in [-0.39, 0.29) is 17.1 Å². The highest BCUT2D eigenvalue weighted by atomic mass is 19.4. The third kappa shape index (κ3) is 3.64. The molecule has 2 heterocycles. The summed E-state index contributed by atoms with van der Waals surface area (Å²) in [5.74, 6) is -0.986. The first-order chi connectivity index (χ1) is 13.8. The van der Waals surface area contributed by atoms with Crippen LogP contribution in [0.4, 0.5) is 13.2 Å². The van der Waals surface area contributed by atoms with E-state index in [9.17, 15) is 18.3 Å². The van der Waals surface area contributed by atoms with Crippen LogP contribution in [-0.2, 0) is 6.18 Å². The topological polar surface area (TPSA) is 85.2 Å². The van der Waals surface area contributed by atoms with Gasteiger partial charge < -0.3 is 14.2 Å². The highest BCUT2D eigenvalue weighted by molar-refractivity contribution is 5.71. The van der Waals surface area contributed by atoms with Crippen LogP contribution in [-0.4, -0.2) is 20.4 Å². The van der Waals surface area contributed by atoms with Crippen molar-refractivity contribution in [2.45, 2.75) is 19.2 Å². The molecule has 0 aliphatic carbocycles. The fourth-order valence-corrected chi connectivity index (χ4v) is 2.84. The minimum Gasteiger partial charge on any atom is -0.389 e. The molecule has 0 radical (unpaired) electrons. The Bertz CT molecular complexity index is 1120. The molecule has 2 aromatic carbocycles. The number of hydrogen-bond donors (Lipinski definition) is 1. The van der Waals surface area contributed by atoms with Crippen LogP contribution in [0.5, 0.6) is 0 Å². The summed E-state index contributed by atoms with van der Waals surface area (Å²) in [6, 6.07) is 14.5. The predicted molar refractivity (Wildman–Crippen MR) is 96.3 cm³/mol. The molecule has 1 unspecified atom stereocenters. The molecule has 0 aliphatic rings. The van der Waals surface area contributed by atoms with Crippen molar-refractivity contribution in [3.8, 4) is 34.3 Å². The van der Waals surface area contributed by atoms with Gasteiger partial charge in [0.2, 0.25) is 11.6 Å². The Hall–Kier alpha value is -3.46. The van der Waals surface area contributed by atoms with Crippen LogP contribution >= 0.6 is 0 Å². The zero-order valence-corrected chi connectivity index (χ0v) is 15.0. The van der Waals surface area contributed by atoms with Gasteiger partial charge in [0.1, 0.15) is 11.3 Å². The van der Waals surface area contributed by atoms with Crippen LogP contribution in [0.1, 0.15) is 24.2 Å². The number of alkyl halides is 3. The number of aliphatic hydroxyl groups excluding tert-OH is 1. The molecule has 6 nitrogen and oxygen atoms in total. The van der Waals surface area contributed by atoms with Gasteiger partial charge in [0.25, 0.3) is 5.89 Å². The monoisotopic (exact) mass is 401 g/mol. The smallest absolute Gasteiger partial charge is 0.389 e. The Morgan fingerprint density at radius 3 is 2.21 bits per heavy atom. The average Bonchev–Trinajstić information content (AvgIpc) is 3.35. The van der Waals surface area contributed by atoms with Crippen molar-refractivity contribution in [1.29, 1.82) is 0 Å². The molecule has 9 heteroatoms. The van der Waals surface area contributed by atoms with Crippen molar-refractivity contribution in [2.75, 3.05) is 0 Å². The largest absolute Gasteiger partial charge is 0.422 e. The summed E-state index contributed by atoms with van der Waals surface area (Å²) in [7, 11) is 0. The minimum absolute atomic E-state index is 0.0860. The van der Waals surface area contributed by atoms with Crippen LogP contribution in [0.25, 0.3) is 34.3 Å². The van der Waals surface area contributed by atoms with E-state index in [2.05, 4.69) is 15.3 Å². The van der Waals surface area contributed by atoms with Crippen LogP contribution in [0.3, 0.4) is 0 Å². The standard InChI is InChI=1S/C20H14F3N3O3/c1-11(27)12-7-9-14(10-8-12)18-24-19(29-26-18)17-15(20(21,22)23)16(25-28-17)13-5-3-2-4-6-13/h2-11,27H,1H3. The maximum absolute atomic E-state index is 13.7. The molecule has 0 fully saturated rings. The number of halogens is 3. The first-order valence-corrected chi connectivity index (χ1v) is 8.59. The van der Waals surface area contributed by atoms with Crippen LogP contribution in [0, 0.1) is 0 Å². The molecule has 1 atom stereocenters. The molecule has 29 heavy (non-hydrogen) atoms. The van der Waals surface area contributed by atoms with Gasteiger partial charge in [-0.1, -0.05) is 64.9 Å². The molecule has 0 aliphatic heterocycles. The first kappa shape index (κ1) is 18.9. The second kappa shape index (κ2) is 7.17.